The summed E-state index contributed by atoms with van der Waals surface area (Å²) in [6.45, 7) is 7.86. The number of nitrogens with zero attached hydrogens (tertiary/aromatic N) is 2. The van der Waals surface area contributed by atoms with Crippen molar-refractivity contribution in [2.24, 2.45) is 17.8 Å². The molecule has 7 nitrogen and oxygen atoms in total. The number of benzene rings is 1. The van der Waals surface area contributed by atoms with Crippen LogP contribution in [0.25, 0.3) is 0 Å². The van der Waals surface area contributed by atoms with E-state index in [0.29, 0.717) is 16.9 Å². The second-order valence-electron chi connectivity index (χ2n) is 9.88. The number of hydrogen-bond donors (Lipinski definition) is 2. The van der Waals surface area contributed by atoms with Crippen LogP contribution in [0.2, 0.25) is 0 Å². The van der Waals surface area contributed by atoms with Gasteiger partial charge in [0.15, 0.2) is 0 Å². The third-order valence-corrected chi connectivity index (χ3v) is 7.91. The number of fused-ring (bicyclic) bond motifs is 2. The van der Waals surface area contributed by atoms with E-state index < -0.39 is 16.1 Å². The van der Waals surface area contributed by atoms with Crippen LogP contribution in [0.1, 0.15) is 53.4 Å². The van der Waals surface area contributed by atoms with Gasteiger partial charge in [0.25, 0.3) is 5.69 Å². The molecule has 2 aliphatic rings. The summed E-state index contributed by atoms with van der Waals surface area (Å²) in [6.07, 6.45) is 5.43. The van der Waals surface area contributed by atoms with Crippen molar-refractivity contribution in [3.05, 3.63) is 34.4 Å². The Kier molecular flexibility index (Phi) is 8.67. The van der Waals surface area contributed by atoms with Gasteiger partial charge in [-0.3, -0.25) is 10.1 Å². The Morgan fingerprint density at radius 2 is 1.97 bits per heavy atom. The first-order valence-electron chi connectivity index (χ1n) is 10.9. The Bertz CT molecular complexity index is 769. The smallest absolute Gasteiger partial charge is 0.284 e. The molecular formula is C23H37N3O4S. The standard InChI is InChI=1S/C12H23NO.C11H14N2O3S/c1-8-4-9-5-10(11(8)13-3)7-12(2,14)6-9;1-11(2,8-14)12(3)17-10-7-5-4-6-9(10)13(15)16/h8-11,13-14H,4-7H2,1-3H3;4-8H,1-3H3. The van der Waals surface area contributed by atoms with Gasteiger partial charge in [-0.2, -0.15) is 0 Å². The van der Waals surface area contributed by atoms with Gasteiger partial charge in [-0.05, 0) is 96.3 Å². The van der Waals surface area contributed by atoms with Gasteiger partial charge in [0.2, 0.25) is 0 Å². The second-order valence-corrected chi connectivity index (χ2v) is 11.0. The van der Waals surface area contributed by atoms with E-state index in [1.807, 2.05) is 6.92 Å². The number of likely N-dealkylation sites (N-methyl/N-ethyl adjacent to an activating group) is 1. The maximum Gasteiger partial charge on any atom is 0.284 e. The molecule has 0 amide bonds. The summed E-state index contributed by atoms with van der Waals surface area (Å²) in [5.74, 6) is 2.24. The molecule has 174 valence electrons. The predicted octanol–water partition coefficient (Wildman–Crippen LogP) is 4.29. The summed E-state index contributed by atoms with van der Waals surface area (Å²) >= 11 is 1.19. The van der Waals surface area contributed by atoms with Gasteiger partial charge in [-0.25, -0.2) is 4.31 Å². The number of nitrogens with one attached hydrogen (secondary N) is 1. The van der Waals surface area contributed by atoms with Gasteiger partial charge in [-0.1, -0.05) is 19.1 Å². The van der Waals surface area contributed by atoms with Gasteiger partial charge in [-0.15, -0.1) is 0 Å². The van der Waals surface area contributed by atoms with Crippen LogP contribution in [-0.4, -0.2) is 51.9 Å². The van der Waals surface area contributed by atoms with E-state index >= 15 is 0 Å². The lowest BCUT2D eigenvalue weighted by atomic mass is 9.61. The molecule has 5 unspecified atom stereocenters. The van der Waals surface area contributed by atoms with Gasteiger partial charge in [0.05, 0.1) is 16.1 Å². The second kappa shape index (κ2) is 10.4. The van der Waals surface area contributed by atoms with Crippen LogP contribution >= 0.6 is 11.9 Å². The first-order chi connectivity index (χ1) is 14.4. The van der Waals surface area contributed by atoms with Crippen LogP contribution in [0.15, 0.2) is 29.2 Å². The van der Waals surface area contributed by atoms with Crippen LogP contribution in [0, 0.1) is 27.9 Å². The average molecular weight is 452 g/mol. The van der Waals surface area contributed by atoms with Crippen LogP contribution in [0.5, 0.6) is 0 Å². The van der Waals surface area contributed by atoms with Crippen molar-refractivity contribution in [1.82, 2.24) is 9.62 Å². The number of hydrogen-bond acceptors (Lipinski definition) is 7. The topological polar surface area (TPSA) is 95.7 Å². The molecule has 31 heavy (non-hydrogen) atoms. The Labute approximate surface area is 190 Å². The summed E-state index contributed by atoms with van der Waals surface area (Å²) in [6, 6.07) is 7.09. The molecule has 1 aromatic carbocycles. The maximum absolute atomic E-state index is 10.9. The third-order valence-electron chi connectivity index (χ3n) is 6.62. The number of aldehydes is 1. The van der Waals surface area contributed by atoms with Gasteiger partial charge < -0.3 is 15.2 Å². The van der Waals surface area contributed by atoms with Crippen molar-refractivity contribution in [2.45, 2.75) is 75.5 Å². The van der Waals surface area contributed by atoms with E-state index in [0.717, 1.165) is 31.0 Å². The Balaban J connectivity index is 0.000000224. The van der Waals surface area contributed by atoms with E-state index in [2.05, 4.69) is 19.3 Å². The quantitative estimate of drug-likeness (QED) is 0.288. The molecule has 1 aromatic rings. The summed E-state index contributed by atoms with van der Waals surface area (Å²) in [7, 11) is 3.79. The molecule has 8 heteroatoms. The monoisotopic (exact) mass is 451 g/mol. The first kappa shape index (κ1) is 25.8. The molecule has 2 saturated carbocycles. The summed E-state index contributed by atoms with van der Waals surface area (Å²) in [5, 5.41) is 24.4. The third kappa shape index (κ3) is 6.75. The lowest BCUT2D eigenvalue weighted by Crippen LogP contribution is -2.51. The van der Waals surface area contributed by atoms with Crippen molar-refractivity contribution in [3.8, 4) is 0 Å². The van der Waals surface area contributed by atoms with Crippen LogP contribution in [0.4, 0.5) is 5.69 Å². The molecule has 0 aromatic heterocycles. The number of rotatable bonds is 6. The molecule has 2 aliphatic carbocycles. The molecule has 2 bridgehead atoms. The Morgan fingerprint density at radius 1 is 1.32 bits per heavy atom. The van der Waals surface area contributed by atoms with Crippen LogP contribution in [-0.2, 0) is 4.79 Å². The predicted molar refractivity (Wildman–Crippen MR) is 125 cm³/mol. The number of carbonyl (C=O) groups excluding carboxylic acids is 1. The Morgan fingerprint density at radius 3 is 2.55 bits per heavy atom. The van der Waals surface area contributed by atoms with E-state index in [-0.39, 0.29) is 5.69 Å². The molecule has 3 rings (SSSR count). The summed E-state index contributed by atoms with van der Waals surface area (Å²) in [5.41, 5.74) is -1.02. The number of nitro groups is 1. The maximum atomic E-state index is 10.9. The van der Waals surface area contributed by atoms with E-state index in [9.17, 15) is 20.0 Å². The van der Waals surface area contributed by atoms with Crippen molar-refractivity contribution in [1.29, 1.82) is 0 Å². The average Bonchev–Trinajstić information content (AvgIpc) is 2.67. The molecule has 0 aliphatic heterocycles. The highest BCUT2D eigenvalue weighted by atomic mass is 32.2. The summed E-state index contributed by atoms with van der Waals surface area (Å²) < 4.78 is 1.70. The minimum atomic E-state index is -0.672. The van der Waals surface area contributed by atoms with Gasteiger partial charge in [0, 0.05) is 12.1 Å². The SMILES string of the molecule is CN(Sc1ccccc1[N+](=O)[O-])C(C)(C)C=O.CNC1C(C)CC2CC1CC(C)(O)C2. The van der Waals surface area contributed by atoms with Crippen molar-refractivity contribution in [2.75, 3.05) is 14.1 Å². The van der Waals surface area contributed by atoms with Crippen molar-refractivity contribution in [3.63, 3.8) is 0 Å². The fourth-order valence-electron chi connectivity index (χ4n) is 5.00. The fraction of sp³-hybridized carbons (Fsp3) is 0.696. The zero-order valence-corrected chi connectivity index (χ0v) is 20.3. The number of nitro benzene ring substituents is 1. The summed E-state index contributed by atoms with van der Waals surface area (Å²) in [4.78, 5) is 21.8. The zero-order valence-electron chi connectivity index (χ0n) is 19.5. The minimum Gasteiger partial charge on any atom is -0.390 e. The van der Waals surface area contributed by atoms with Crippen molar-refractivity contribution >= 4 is 23.9 Å². The molecular weight excluding hydrogens is 414 g/mol. The highest BCUT2D eigenvalue weighted by Gasteiger charge is 2.44. The van der Waals surface area contributed by atoms with Gasteiger partial charge in [0.1, 0.15) is 11.2 Å². The highest BCUT2D eigenvalue weighted by Crippen LogP contribution is 2.46. The van der Waals surface area contributed by atoms with E-state index in [1.165, 1.54) is 30.9 Å². The molecule has 0 heterocycles. The van der Waals surface area contributed by atoms with Crippen LogP contribution in [0.3, 0.4) is 0 Å². The van der Waals surface area contributed by atoms with Crippen molar-refractivity contribution < 1.29 is 14.8 Å². The van der Waals surface area contributed by atoms with Crippen LogP contribution < -0.4 is 5.32 Å². The van der Waals surface area contributed by atoms with Gasteiger partial charge >= 0.3 is 0 Å². The molecule has 2 N–H and O–H groups in total. The molecule has 0 spiro atoms. The lowest BCUT2D eigenvalue weighted by molar-refractivity contribution is -0.387. The fourth-order valence-corrected chi connectivity index (χ4v) is 5.95. The number of carbonyl (C=O) groups is 1. The lowest BCUT2D eigenvalue weighted by Gasteiger charge is -2.49. The molecule has 5 atom stereocenters. The Hall–Kier alpha value is -1.48. The normalized spacial score (nSPS) is 30.3. The largest absolute Gasteiger partial charge is 0.390 e. The minimum absolute atomic E-state index is 0.0473. The zero-order chi connectivity index (χ0) is 23.4. The molecule has 0 saturated heterocycles. The van der Waals surface area contributed by atoms with E-state index in [4.69, 9.17) is 0 Å². The van der Waals surface area contributed by atoms with E-state index in [1.54, 1.807) is 43.4 Å². The first-order valence-corrected chi connectivity index (χ1v) is 11.7. The number of aliphatic hydroxyl groups is 1. The number of para-hydroxylation sites is 1. The molecule has 0 radical (unpaired) electrons. The molecule has 2 fully saturated rings. The highest BCUT2D eigenvalue weighted by molar-refractivity contribution is 7.97.